The number of phenolic OH excluding ortho intramolecular Hbond substituents is 1. The minimum Gasteiger partial charge on any atom is -0.508 e. The molecule has 4 nitrogen and oxygen atoms in total. The maximum absolute atomic E-state index is 12.4. The van der Waals surface area contributed by atoms with E-state index in [0.29, 0.717) is 12.1 Å². The SMILES string of the molecule is Nc1ccc2c(c1)CCN2C(=O)c1ccc(O)cc1. The zero-order valence-corrected chi connectivity index (χ0v) is 10.3. The first-order chi connectivity index (χ1) is 9.15. The van der Waals surface area contributed by atoms with Gasteiger partial charge in [-0.05, 0) is 54.4 Å². The van der Waals surface area contributed by atoms with Gasteiger partial charge in [-0.1, -0.05) is 0 Å². The van der Waals surface area contributed by atoms with Crippen LogP contribution < -0.4 is 10.6 Å². The highest BCUT2D eigenvalue weighted by Gasteiger charge is 2.25. The topological polar surface area (TPSA) is 66.6 Å². The monoisotopic (exact) mass is 254 g/mol. The molecule has 4 heteroatoms. The van der Waals surface area contributed by atoms with Crippen molar-refractivity contribution in [2.75, 3.05) is 17.2 Å². The fourth-order valence-electron chi connectivity index (χ4n) is 2.39. The van der Waals surface area contributed by atoms with E-state index in [4.69, 9.17) is 5.73 Å². The largest absolute Gasteiger partial charge is 0.508 e. The molecule has 1 amide bonds. The lowest BCUT2D eigenvalue weighted by atomic mass is 10.1. The van der Waals surface area contributed by atoms with Crippen molar-refractivity contribution in [1.29, 1.82) is 0 Å². The maximum Gasteiger partial charge on any atom is 0.258 e. The van der Waals surface area contributed by atoms with Crippen molar-refractivity contribution in [1.82, 2.24) is 0 Å². The fraction of sp³-hybridized carbons (Fsp3) is 0.133. The Morgan fingerprint density at radius 3 is 2.63 bits per heavy atom. The zero-order valence-electron chi connectivity index (χ0n) is 10.3. The molecule has 3 rings (SSSR count). The van der Waals surface area contributed by atoms with Gasteiger partial charge in [0.25, 0.3) is 5.91 Å². The summed E-state index contributed by atoms with van der Waals surface area (Å²) in [5.74, 6) is 0.106. The number of carbonyl (C=O) groups is 1. The van der Waals surface area contributed by atoms with Crippen LogP contribution in [0.25, 0.3) is 0 Å². The first-order valence-corrected chi connectivity index (χ1v) is 6.14. The number of amides is 1. The molecule has 0 saturated carbocycles. The van der Waals surface area contributed by atoms with E-state index in [2.05, 4.69) is 0 Å². The van der Waals surface area contributed by atoms with Gasteiger partial charge in [-0.3, -0.25) is 4.79 Å². The van der Waals surface area contributed by atoms with Crippen LogP contribution in [0.2, 0.25) is 0 Å². The molecule has 1 heterocycles. The van der Waals surface area contributed by atoms with Gasteiger partial charge in [0.15, 0.2) is 0 Å². The molecule has 0 bridgehead atoms. The average molecular weight is 254 g/mol. The number of benzene rings is 2. The van der Waals surface area contributed by atoms with Crippen molar-refractivity contribution in [3.63, 3.8) is 0 Å². The van der Waals surface area contributed by atoms with Crippen molar-refractivity contribution in [3.8, 4) is 5.75 Å². The summed E-state index contributed by atoms with van der Waals surface area (Å²) in [6.07, 6.45) is 0.824. The van der Waals surface area contributed by atoms with E-state index >= 15 is 0 Å². The van der Waals surface area contributed by atoms with Gasteiger partial charge in [-0.2, -0.15) is 0 Å². The molecule has 96 valence electrons. The molecule has 0 atom stereocenters. The Labute approximate surface area is 111 Å². The van der Waals surface area contributed by atoms with Crippen molar-refractivity contribution in [2.45, 2.75) is 6.42 Å². The first-order valence-electron chi connectivity index (χ1n) is 6.14. The third kappa shape index (κ3) is 2.01. The lowest BCUT2D eigenvalue weighted by Gasteiger charge is -2.17. The van der Waals surface area contributed by atoms with Gasteiger partial charge < -0.3 is 15.7 Å². The van der Waals surface area contributed by atoms with Gasteiger partial charge in [-0.25, -0.2) is 0 Å². The molecule has 2 aromatic carbocycles. The lowest BCUT2D eigenvalue weighted by molar-refractivity contribution is 0.0989. The quantitative estimate of drug-likeness (QED) is 0.766. The Morgan fingerprint density at radius 2 is 1.89 bits per heavy atom. The summed E-state index contributed by atoms with van der Waals surface area (Å²) in [6, 6.07) is 11.9. The van der Waals surface area contributed by atoms with E-state index in [9.17, 15) is 9.90 Å². The van der Waals surface area contributed by atoms with E-state index in [-0.39, 0.29) is 11.7 Å². The number of anilines is 2. The van der Waals surface area contributed by atoms with Crippen LogP contribution in [0.1, 0.15) is 15.9 Å². The second kappa shape index (κ2) is 4.31. The third-order valence-electron chi connectivity index (χ3n) is 3.36. The van der Waals surface area contributed by atoms with Crippen LogP contribution in [0.15, 0.2) is 42.5 Å². The highest BCUT2D eigenvalue weighted by molar-refractivity contribution is 6.07. The predicted molar refractivity (Wildman–Crippen MR) is 74.3 cm³/mol. The van der Waals surface area contributed by atoms with Crippen molar-refractivity contribution in [2.24, 2.45) is 0 Å². The standard InChI is InChI=1S/C15H14N2O2/c16-12-3-6-14-11(9-12)7-8-17(14)15(19)10-1-4-13(18)5-2-10/h1-6,9,18H,7-8,16H2. The van der Waals surface area contributed by atoms with E-state index in [1.54, 1.807) is 23.1 Å². The van der Waals surface area contributed by atoms with Crippen molar-refractivity contribution >= 4 is 17.3 Å². The molecule has 0 radical (unpaired) electrons. The zero-order chi connectivity index (χ0) is 13.4. The minimum atomic E-state index is -0.0523. The molecule has 1 aliphatic heterocycles. The van der Waals surface area contributed by atoms with Crippen LogP contribution >= 0.6 is 0 Å². The number of hydrogen-bond acceptors (Lipinski definition) is 3. The molecular formula is C15H14N2O2. The van der Waals surface area contributed by atoms with E-state index < -0.39 is 0 Å². The Kier molecular flexibility index (Phi) is 2.63. The first kappa shape index (κ1) is 11.6. The minimum absolute atomic E-state index is 0.0523. The van der Waals surface area contributed by atoms with Gasteiger partial charge in [0.05, 0.1) is 0 Å². The van der Waals surface area contributed by atoms with Gasteiger partial charge in [0.2, 0.25) is 0 Å². The molecule has 3 N–H and O–H groups in total. The normalized spacial score (nSPS) is 13.4. The molecule has 0 saturated heterocycles. The Morgan fingerprint density at radius 1 is 1.16 bits per heavy atom. The summed E-state index contributed by atoms with van der Waals surface area (Å²) in [4.78, 5) is 14.2. The van der Waals surface area contributed by atoms with Crippen LogP contribution in [0.4, 0.5) is 11.4 Å². The van der Waals surface area contributed by atoms with Gasteiger partial charge in [-0.15, -0.1) is 0 Å². The number of hydrogen-bond donors (Lipinski definition) is 2. The number of phenols is 1. The lowest BCUT2D eigenvalue weighted by Crippen LogP contribution is -2.28. The molecular weight excluding hydrogens is 240 g/mol. The van der Waals surface area contributed by atoms with Crippen molar-refractivity contribution in [3.05, 3.63) is 53.6 Å². The number of nitrogens with zero attached hydrogens (tertiary/aromatic N) is 1. The smallest absolute Gasteiger partial charge is 0.258 e. The van der Waals surface area contributed by atoms with E-state index in [0.717, 1.165) is 23.4 Å². The fourth-order valence-corrected chi connectivity index (χ4v) is 2.39. The summed E-state index contributed by atoms with van der Waals surface area (Å²) in [7, 11) is 0. The third-order valence-corrected chi connectivity index (χ3v) is 3.36. The molecule has 0 spiro atoms. The van der Waals surface area contributed by atoms with Crippen LogP contribution in [0, 0.1) is 0 Å². The van der Waals surface area contributed by atoms with Gasteiger partial charge in [0, 0.05) is 23.5 Å². The number of nitrogen functional groups attached to an aromatic ring is 1. The Bertz CT molecular complexity index is 635. The van der Waals surface area contributed by atoms with E-state index in [1.807, 2.05) is 12.1 Å². The summed E-state index contributed by atoms with van der Waals surface area (Å²) in [5.41, 5.74) is 9.07. The number of fused-ring (bicyclic) bond motifs is 1. The second-order valence-corrected chi connectivity index (χ2v) is 4.64. The summed E-state index contributed by atoms with van der Waals surface area (Å²) in [6.45, 7) is 0.665. The number of nitrogens with two attached hydrogens (primary N) is 1. The van der Waals surface area contributed by atoms with Crippen LogP contribution in [-0.2, 0) is 6.42 Å². The molecule has 2 aromatic rings. The van der Waals surface area contributed by atoms with E-state index in [1.165, 1.54) is 12.1 Å². The number of rotatable bonds is 1. The average Bonchev–Trinajstić information content (AvgIpc) is 2.81. The molecule has 1 aliphatic rings. The predicted octanol–water partition coefficient (Wildman–Crippen LogP) is 2.18. The van der Waals surface area contributed by atoms with Crippen LogP contribution in [0.3, 0.4) is 0 Å². The summed E-state index contributed by atoms with van der Waals surface area (Å²) < 4.78 is 0. The number of carbonyl (C=O) groups excluding carboxylic acids is 1. The number of aromatic hydroxyl groups is 1. The maximum atomic E-state index is 12.4. The van der Waals surface area contributed by atoms with Gasteiger partial charge in [0.1, 0.15) is 5.75 Å². The summed E-state index contributed by atoms with van der Waals surface area (Å²) >= 11 is 0. The molecule has 0 aromatic heterocycles. The Balaban J connectivity index is 1.93. The Hall–Kier alpha value is -2.49. The molecule has 0 aliphatic carbocycles. The summed E-state index contributed by atoms with van der Waals surface area (Å²) in [5, 5.41) is 9.25. The van der Waals surface area contributed by atoms with Gasteiger partial charge >= 0.3 is 0 Å². The second-order valence-electron chi connectivity index (χ2n) is 4.64. The molecule has 19 heavy (non-hydrogen) atoms. The molecule has 0 fully saturated rings. The highest BCUT2D eigenvalue weighted by atomic mass is 16.3. The van der Waals surface area contributed by atoms with Crippen LogP contribution in [-0.4, -0.2) is 17.6 Å². The highest BCUT2D eigenvalue weighted by Crippen LogP contribution is 2.30. The van der Waals surface area contributed by atoms with Crippen LogP contribution in [0.5, 0.6) is 5.75 Å². The molecule has 0 unspecified atom stereocenters. The van der Waals surface area contributed by atoms with Crippen molar-refractivity contribution < 1.29 is 9.90 Å².